The maximum Gasteiger partial charge on any atom is 0.340 e. The summed E-state index contributed by atoms with van der Waals surface area (Å²) in [6.07, 6.45) is 7.10. The van der Waals surface area contributed by atoms with Crippen molar-refractivity contribution in [2.75, 3.05) is 41.7 Å². The third-order valence-electron chi connectivity index (χ3n) is 8.74. The summed E-state index contributed by atoms with van der Waals surface area (Å²) in [5, 5.41) is 0. The Kier molecular flexibility index (Phi) is 10.8. The quantitative estimate of drug-likeness (QED) is 0.0837. The summed E-state index contributed by atoms with van der Waals surface area (Å²) in [5.74, 6) is -0.0315. The van der Waals surface area contributed by atoms with Crippen LogP contribution in [0.15, 0.2) is 85.2 Å². The number of ketones is 2. The number of fused-ring (bicyclic) bond motifs is 2. The van der Waals surface area contributed by atoms with Gasteiger partial charge in [-0.25, -0.2) is 9.59 Å². The van der Waals surface area contributed by atoms with Crippen LogP contribution in [-0.4, -0.2) is 74.0 Å². The maximum absolute atomic E-state index is 13.8. The summed E-state index contributed by atoms with van der Waals surface area (Å²) in [4.78, 5) is 53.9. The number of ether oxygens (including phenoxy) is 6. The van der Waals surface area contributed by atoms with Crippen molar-refractivity contribution in [3.05, 3.63) is 130 Å². The number of hydrogen-bond donors (Lipinski definition) is 0. The number of pyridine rings is 2. The van der Waals surface area contributed by atoms with Crippen molar-refractivity contribution < 1.29 is 47.6 Å². The van der Waals surface area contributed by atoms with Gasteiger partial charge in [-0.1, -0.05) is 12.2 Å². The lowest BCUT2D eigenvalue weighted by molar-refractivity contribution is 0.0519. The predicted octanol–water partition coefficient (Wildman–Crippen LogP) is 7.21. The number of rotatable bonds is 14. The number of carbonyl (C=O) groups is 4. The van der Waals surface area contributed by atoms with Crippen LogP contribution in [0.4, 0.5) is 0 Å². The largest absolute Gasteiger partial charge is 0.497 e. The van der Waals surface area contributed by atoms with Crippen LogP contribution in [0.25, 0.3) is 23.2 Å². The van der Waals surface area contributed by atoms with E-state index in [1.807, 2.05) is 12.2 Å². The Balaban J connectivity index is 1.39. The average Bonchev–Trinajstić information content (AvgIpc) is 3.78. The Hall–Kier alpha value is -6.82. The molecule has 54 heavy (non-hydrogen) atoms. The van der Waals surface area contributed by atoms with Crippen LogP contribution in [0.2, 0.25) is 0 Å². The highest BCUT2D eigenvalue weighted by molar-refractivity contribution is 6.13. The van der Waals surface area contributed by atoms with Crippen LogP contribution < -0.4 is 18.9 Å². The Morgan fingerprint density at radius 3 is 1.19 bits per heavy atom. The van der Waals surface area contributed by atoms with E-state index in [9.17, 15) is 19.2 Å². The molecule has 0 fully saturated rings. The van der Waals surface area contributed by atoms with Crippen molar-refractivity contribution in [3.63, 3.8) is 0 Å². The molecule has 276 valence electrons. The summed E-state index contributed by atoms with van der Waals surface area (Å²) < 4.78 is 35.4. The highest BCUT2D eigenvalue weighted by atomic mass is 16.5. The summed E-state index contributed by atoms with van der Waals surface area (Å²) in [6.45, 7) is 3.73. The molecule has 0 saturated heterocycles. The molecule has 6 rings (SSSR count). The number of benzene rings is 2. The zero-order valence-electron chi connectivity index (χ0n) is 30.6. The number of carbonyl (C=O) groups excluding carboxylic acids is 4. The van der Waals surface area contributed by atoms with E-state index in [4.69, 9.17) is 28.4 Å². The van der Waals surface area contributed by atoms with E-state index in [2.05, 4.69) is 0 Å². The van der Waals surface area contributed by atoms with Gasteiger partial charge in [0, 0.05) is 35.7 Å². The van der Waals surface area contributed by atoms with E-state index in [0.717, 1.165) is 11.1 Å². The van der Waals surface area contributed by atoms with Crippen LogP contribution in [0.3, 0.4) is 0 Å². The molecule has 2 aromatic carbocycles. The van der Waals surface area contributed by atoms with Gasteiger partial charge >= 0.3 is 11.9 Å². The minimum absolute atomic E-state index is 0.156. The van der Waals surface area contributed by atoms with Gasteiger partial charge in [-0.3, -0.25) is 9.59 Å². The predicted molar refractivity (Wildman–Crippen MR) is 202 cm³/mol. The van der Waals surface area contributed by atoms with Gasteiger partial charge in [0.05, 0.1) is 75.2 Å². The molecule has 0 radical (unpaired) electrons. The SMILES string of the molecule is CCOC(=O)c1cc(C(=O)c2cc(OC)cc(OC)c2)n2ccc(/C=C/c3ccn4c(C(=O)c5cc(OC)cc(OC)c5)cc(C(=O)OCC)c4c3)cc12. The molecule has 0 saturated carbocycles. The molecule has 12 nitrogen and oxygen atoms in total. The van der Waals surface area contributed by atoms with E-state index in [1.165, 1.54) is 40.6 Å². The van der Waals surface area contributed by atoms with Gasteiger partial charge < -0.3 is 37.2 Å². The second kappa shape index (κ2) is 15.8. The van der Waals surface area contributed by atoms with E-state index in [0.29, 0.717) is 45.2 Å². The second-order valence-corrected chi connectivity index (χ2v) is 12.0. The minimum atomic E-state index is -0.568. The fourth-order valence-electron chi connectivity index (χ4n) is 6.10. The van der Waals surface area contributed by atoms with Gasteiger partial charge in [-0.2, -0.15) is 0 Å². The molecular formula is C42H38N2O10. The highest BCUT2D eigenvalue weighted by Gasteiger charge is 2.24. The zero-order valence-corrected chi connectivity index (χ0v) is 30.6. The monoisotopic (exact) mass is 730 g/mol. The van der Waals surface area contributed by atoms with Crippen LogP contribution in [0, 0.1) is 0 Å². The van der Waals surface area contributed by atoms with Crippen molar-refractivity contribution in [1.29, 1.82) is 0 Å². The van der Waals surface area contributed by atoms with E-state index in [-0.39, 0.29) is 47.3 Å². The molecule has 0 aliphatic carbocycles. The maximum atomic E-state index is 13.8. The molecule has 0 spiro atoms. The van der Waals surface area contributed by atoms with Crippen molar-refractivity contribution in [3.8, 4) is 23.0 Å². The lowest BCUT2D eigenvalue weighted by atomic mass is 10.1. The van der Waals surface area contributed by atoms with Gasteiger partial charge in [0.15, 0.2) is 0 Å². The first-order valence-electron chi connectivity index (χ1n) is 17.0. The first kappa shape index (κ1) is 37.0. The average molecular weight is 731 g/mol. The molecule has 0 aliphatic heterocycles. The van der Waals surface area contributed by atoms with Gasteiger partial charge in [0.25, 0.3) is 0 Å². The molecule has 0 unspecified atom stereocenters. The fraction of sp³-hybridized carbons (Fsp3) is 0.190. The Morgan fingerprint density at radius 2 is 0.870 bits per heavy atom. The van der Waals surface area contributed by atoms with Crippen molar-refractivity contribution in [1.82, 2.24) is 8.80 Å². The summed E-state index contributed by atoms with van der Waals surface area (Å²) in [5.41, 5.74) is 3.98. The number of nitrogens with zero attached hydrogens (tertiary/aromatic N) is 2. The molecule has 4 heterocycles. The zero-order chi connectivity index (χ0) is 38.5. The summed E-state index contributed by atoms with van der Waals surface area (Å²) in [7, 11) is 6.00. The van der Waals surface area contributed by atoms with Gasteiger partial charge in [-0.05, 0) is 85.6 Å². The van der Waals surface area contributed by atoms with Crippen molar-refractivity contribution in [2.45, 2.75) is 13.8 Å². The molecule has 0 bridgehead atoms. The molecule has 0 amide bonds. The molecular weight excluding hydrogens is 692 g/mol. The van der Waals surface area contributed by atoms with Crippen LogP contribution in [0.5, 0.6) is 23.0 Å². The Labute approximate surface area is 311 Å². The Bertz CT molecular complexity index is 2240. The van der Waals surface area contributed by atoms with Gasteiger partial charge in [0.1, 0.15) is 23.0 Å². The second-order valence-electron chi connectivity index (χ2n) is 12.0. The summed E-state index contributed by atoms with van der Waals surface area (Å²) in [6, 6.07) is 20.0. The van der Waals surface area contributed by atoms with E-state index < -0.39 is 11.9 Å². The third-order valence-corrected chi connectivity index (χ3v) is 8.74. The van der Waals surface area contributed by atoms with Gasteiger partial charge in [0.2, 0.25) is 11.6 Å². The fourth-order valence-corrected chi connectivity index (χ4v) is 6.10. The topological polar surface area (TPSA) is 132 Å². The number of esters is 2. The van der Waals surface area contributed by atoms with Crippen LogP contribution >= 0.6 is 0 Å². The molecule has 4 aromatic heterocycles. The molecule has 6 aromatic rings. The lowest BCUT2D eigenvalue weighted by Crippen LogP contribution is -2.06. The minimum Gasteiger partial charge on any atom is -0.497 e. The molecule has 0 aliphatic rings. The molecule has 0 N–H and O–H groups in total. The number of hydrogen-bond acceptors (Lipinski definition) is 10. The lowest BCUT2D eigenvalue weighted by Gasteiger charge is -2.09. The highest BCUT2D eigenvalue weighted by Crippen LogP contribution is 2.29. The van der Waals surface area contributed by atoms with E-state index in [1.54, 1.807) is 95.7 Å². The van der Waals surface area contributed by atoms with Crippen LogP contribution in [-0.2, 0) is 9.47 Å². The number of methoxy groups -OCH3 is 4. The smallest absolute Gasteiger partial charge is 0.340 e. The standard InChI is InChI=1S/C42H38N2O10/c1-7-53-41(47)33-23-37(39(45)27-17-29(49-3)21-30(18-27)50-4)43-13-11-25(15-35(33)43)9-10-26-12-14-44-36(16-26)34(42(48)54-8-2)24-38(44)40(46)28-19-31(51-5)22-32(20-28)52-6/h9-24H,7-8H2,1-6H3/b10-9+. The normalized spacial score (nSPS) is 11.1. The first-order chi connectivity index (χ1) is 26.1. The van der Waals surface area contributed by atoms with Gasteiger partial charge in [-0.15, -0.1) is 0 Å². The van der Waals surface area contributed by atoms with Crippen molar-refractivity contribution >= 4 is 46.7 Å². The first-order valence-corrected chi connectivity index (χ1v) is 17.0. The third kappa shape index (κ3) is 7.26. The van der Waals surface area contributed by atoms with Crippen LogP contribution in [0.1, 0.15) is 77.8 Å². The number of aromatic nitrogens is 2. The molecule has 12 heteroatoms. The van der Waals surface area contributed by atoms with Crippen molar-refractivity contribution in [2.24, 2.45) is 0 Å². The Morgan fingerprint density at radius 1 is 0.519 bits per heavy atom. The molecule has 0 atom stereocenters. The summed E-state index contributed by atoms with van der Waals surface area (Å²) >= 11 is 0. The van der Waals surface area contributed by atoms with E-state index >= 15 is 0 Å².